The van der Waals surface area contributed by atoms with E-state index in [9.17, 15) is 4.79 Å². The van der Waals surface area contributed by atoms with Crippen molar-refractivity contribution in [3.63, 3.8) is 0 Å². The number of amides is 1. The Kier molecular flexibility index (Phi) is 6.88. The maximum atomic E-state index is 12.3. The maximum Gasteiger partial charge on any atom is 0.224 e. The number of hydrogen-bond donors (Lipinski definition) is 1. The fraction of sp³-hybridized carbons (Fsp3) is 0.524. The maximum absolute atomic E-state index is 12.3. The second-order valence-electron chi connectivity index (χ2n) is 7.35. The van der Waals surface area contributed by atoms with Crippen LogP contribution in [0.15, 0.2) is 22.6 Å². The number of carbonyl (C=O) groups is 1. The highest BCUT2D eigenvalue weighted by Crippen LogP contribution is 2.31. The van der Waals surface area contributed by atoms with Crippen molar-refractivity contribution in [1.82, 2.24) is 4.98 Å². The van der Waals surface area contributed by atoms with E-state index in [4.69, 9.17) is 13.9 Å². The van der Waals surface area contributed by atoms with Gasteiger partial charge in [0.1, 0.15) is 5.76 Å². The van der Waals surface area contributed by atoms with Crippen molar-refractivity contribution < 1.29 is 18.7 Å². The number of rotatable bonds is 8. The standard InChI is InChI=1S/C21H30N2O4/c1-7-25-17-10-9-15(13-18(17)26-8-2)23-19(24)12-11-16-14(3)22-20(27-16)21(4,5)6/h9-10,13H,7-8,11-12H2,1-6H3,(H,23,24). The number of carbonyl (C=O) groups excluding carboxylic acids is 1. The quantitative estimate of drug-likeness (QED) is 0.728. The van der Waals surface area contributed by atoms with E-state index < -0.39 is 0 Å². The van der Waals surface area contributed by atoms with Crippen molar-refractivity contribution in [2.45, 2.75) is 59.8 Å². The molecule has 1 N–H and O–H groups in total. The minimum Gasteiger partial charge on any atom is -0.490 e. The van der Waals surface area contributed by atoms with E-state index in [1.807, 2.05) is 26.8 Å². The molecule has 0 saturated carbocycles. The van der Waals surface area contributed by atoms with Gasteiger partial charge in [0.2, 0.25) is 5.91 Å². The molecule has 1 aromatic carbocycles. The van der Waals surface area contributed by atoms with Gasteiger partial charge in [-0.2, -0.15) is 0 Å². The highest BCUT2D eigenvalue weighted by atomic mass is 16.5. The van der Waals surface area contributed by atoms with Crippen LogP contribution in [0.3, 0.4) is 0 Å². The first-order chi connectivity index (χ1) is 12.7. The van der Waals surface area contributed by atoms with Gasteiger partial charge in [-0.15, -0.1) is 0 Å². The number of nitrogens with zero attached hydrogens (tertiary/aromatic N) is 1. The Hall–Kier alpha value is -2.50. The Morgan fingerprint density at radius 1 is 1.15 bits per heavy atom. The molecule has 27 heavy (non-hydrogen) atoms. The predicted molar refractivity (Wildman–Crippen MR) is 106 cm³/mol. The van der Waals surface area contributed by atoms with Crippen LogP contribution < -0.4 is 14.8 Å². The zero-order valence-electron chi connectivity index (χ0n) is 17.1. The lowest BCUT2D eigenvalue weighted by Gasteiger charge is -2.13. The van der Waals surface area contributed by atoms with Crippen LogP contribution in [-0.4, -0.2) is 24.1 Å². The molecule has 6 nitrogen and oxygen atoms in total. The van der Waals surface area contributed by atoms with Crippen LogP contribution in [0.2, 0.25) is 0 Å². The SMILES string of the molecule is CCOc1ccc(NC(=O)CCc2oc(C(C)(C)C)nc2C)cc1OCC. The van der Waals surface area contributed by atoms with Gasteiger partial charge in [-0.1, -0.05) is 20.8 Å². The third kappa shape index (κ3) is 5.74. The summed E-state index contributed by atoms with van der Waals surface area (Å²) in [4.78, 5) is 16.8. The van der Waals surface area contributed by atoms with Crippen molar-refractivity contribution in [3.8, 4) is 11.5 Å². The van der Waals surface area contributed by atoms with Gasteiger partial charge in [-0.05, 0) is 32.9 Å². The van der Waals surface area contributed by atoms with E-state index in [0.717, 1.165) is 11.5 Å². The number of nitrogens with one attached hydrogen (secondary N) is 1. The Bertz CT molecular complexity index is 775. The molecule has 0 fully saturated rings. The molecular formula is C21H30N2O4. The summed E-state index contributed by atoms with van der Waals surface area (Å²) < 4.78 is 17.0. The average molecular weight is 374 g/mol. The van der Waals surface area contributed by atoms with Gasteiger partial charge in [0.15, 0.2) is 17.4 Å². The molecule has 2 rings (SSSR count). The lowest BCUT2D eigenvalue weighted by molar-refractivity contribution is -0.116. The summed E-state index contributed by atoms with van der Waals surface area (Å²) in [6, 6.07) is 5.40. The molecule has 148 valence electrons. The third-order valence-electron chi connectivity index (χ3n) is 3.94. The molecule has 0 saturated heterocycles. The van der Waals surface area contributed by atoms with Crippen LogP contribution in [0.5, 0.6) is 11.5 Å². The third-order valence-corrected chi connectivity index (χ3v) is 3.94. The Morgan fingerprint density at radius 3 is 2.41 bits per heavy atom. The minimum absolute atomic E-state index is 0.0882. The van der Waals surface area contributed by atoms with E-state index in [1.165, 1.54) is 0 Å². The van der Waals surface area contributed by atoms with E-state index in [-0.39, 0.29) is 11.3 Å². The van der Waals surface area contributed by atoms with Crippen LogP contribution in [0.25, 0.3) is 0 Å². The summed E-state index contributed by atoms with van der Waals surface area (Å²) in [5.41, 5.74) is 1.37. The second kappa shape index (κ2) is 8.93. The molecule has 0 radical (unpaired) electrons. The van der Waals surface area contributed by atoms with E-state index in [1.54, 1.807) is 12.1 Å². The Labute approximate surface area is 161 Å². The number of oxazole rings is 1. The summed E-state index contributed by atoms with van der Waals surface area (Å²) in [7, 11) is 0. The number of ether oxygens (including phenoxy) is 2. The van der Waals surface area contributed by atoms with Crippen molar-refractivity contribution in [3.05, 3.63) is 35.5 Å². The number of aromatic nitrogens is 1. The monoisotopic (exact) mass is 374 g/mol. The largest absolute Gasteiger partial charge is 0.490 e. The molecule has 1 amide bonds. The molecule has 0 spiro atoms. The van der Waals surface area contributed by atoms with Crippen LogP contribution in [-0.2, 0) is 16.6 Å². The smallest absolute Gasteiger partial charge is 0.224 e. The normalized spacial score (nSPS) is 11.3. The summed E-state index contributed by atoms with van der Waals surface area (Å²) >= 11 is 0. The lowest BCUT2D eigenvalue weighted by atomic mass is 9.97. The van der Waals surface area contributed by atoms with Crippen LogP contribution in [0, 0.1) is 6.92 Å². The van der Waals surface area contributed by atoms with Crippen molar-refractivity contribution >= 4 is 11.6 Å². The van der Waals surface area contributed by atoms with Crippen molar-refractivity contribution in [1.29, 1.82) is 0 Å². The van der Waals surface area contributed by atoms with Crippen LogP contribution >= 0.6 is 0 Å². The molecule has 2 aromatic rings. The Morgan fingerprint density at radius 2 is 1.81 bits per heavy atom. The Balaban J connectivity index is 2.00. The number of hydrogen-bond acceptors (Lipinski definition) is 5. The van der Waals surface area contributed by atoms with Gasteiger partial charge in [0, 0.05) is 30.0 Å². The number of anilines is 1. The minimum atomic E-state index is -0.150. The van der Waals surface area contributed by atoms with Gasteiger partial charge in [0.25, 0.3) is 0 Å². The first kappa shape index (κ1) is 20.8. The zero-order valence-corrected chi connectivity index (χ0v) is 17.1. The first-order valence-electron chi connectivity index (χ1n) is 9.40. The lowest BCUT2D eigenvalue weighted by Crippen LogP contribution is -2.13. The second-order valence-corrected chi connectivity index (χ2v) is 7.35. The van der Waals surface area contributed by atoms with Gasteiger partial charge in [0.05, 0.1) is 18.9 Å². The predicted octanol–water partition coefficient (Wildman–Crippen LogP) is 4.65. The number of aryl methyl sites for hydroxylation is 2. The summed E-state index contributed by atoms with van der Waals surface area (Å²) in [5.74, 6) is 2.66. The van der Waals surface area contributed by atoms with Gasteiger partial charge in [-0.3, -0.25) is 4.79 Å². The fourth-order valence-corrected chi connectivity index (χ4v) is 2.56. The van der Waals surface area contributed by atoms with Gasteiger partial charge < -0.3 is 19.2 Å². The molecule has 0 aliphatic rings. The van der Waals surface area contributed by atoms with Gasteiger partial charge in [-0.25, -0.2) is 4.98 Å². The van der Waals surface area contributed by atoms with E-state index in [0.29, 0.717) is 49.1 Å². The molecule has 6 heteroatoms. The van der Waals surface area contributed by atoms with Crippen molar-refractivity contribution in [2.24, 2.45) is 0 Å². The summed E-state index contributed by atoms with van der Waals surface area (Å²) in [5, 5.41) is 2.90. The molecule has 0 aliphatic carbocycles. The first-order valence-corrected chi connectivity index (χ1v) is 9.40. The fourth-order valence-electron chi connectivity index (χ4n) is 2.56. The summed E-state index contributed by atoms with van der Waals surface area (Å²) in [6.07, 6.45) is 0.826. The van der Waals surface area contributed by atoms with Crippen LogP contribution in [0.4, 0.5) is 5.69 Å². The van der Waals surface area contributed by atoms with Gasteiger partial charge >= 0.3 is 0 Å². The molecule has 1 heterocycles. The molecular weight excluding hydrogens is 344 g/mol. The molecule has 0 aliphatic heterocycles. The van der Waals surface area contributed by atoms with Crippen molar-refractivity contribution in [2.75, 3.05) is 18.5 Å². The topological polar surface area (TPSA) is 73.6 Å². The number of benzene rings is 1. The summed E-state index contributed by atoms with van der Waals surface area (Å²) in [6.45, 7) is 13.0. The highest BCUT2D eigenvalue weighted by Gasteiger charge is 2.22. The average Bonchev–Trinajstić information content (AvgIpc) is 2.97. The van der Waals surface area contributed by atoms with Crippen LogP contribution in [0.1, 0.15) is 58.4 Å². The zero-order chi connectivity index (χ0) is 20.0. The highest BCUT2D eigenvalue weighted by molar-refractivity contribution is 5.91. The van der Waals surface area contributed by atoms with E-state index >= 15 is 0 Å². The molecule has 0 unspecified atom stereocenters. The molecule has 1 aromatic heterocycles. The molecule has 0 bridgehead atoms. The van der Waals surface area contributed by atoms with E-state index in [2.05, 4.69) is 31.1 Å². The molecule has 0 atom stereocenters.